The van der Waals surface area contributed by atoms with Crippen molar-refractivity contribution in [1.82, 2.24) is 0 Å². The Balaban J connectivity index is 2.41. The predicted molar refractivity (Wildman–Crippen MR) is 53.8 cm³/mol. The molecular weight excluding hydrogens is 194 g/mol. The molecule has 0 atom stereocenters. The Morgan fingerprint density at radius 3 is 2.87 bits per heavy atom. The Morgan fingerprint density at radius 1 is 1.47 bits per heavy atom. The summed E-state index contributed by atoms with van der Waals surface area (Å²) in [5.74, 6) is 5.39. The Morgan fingerprint density at radius 2 is 2.20 bits per heavy atom. The van der Waals surface area contributed by atoms with Crippen LogP contribution in [-0.2, 0) is 4.74 Å². The van der Waals surface area contributed by atoms with Gasteiger partial charge in [0.15, 0.2) is 6.61 Å². The van der Waals surface area contributed by atoms with Gasteiger partial charge in [-0.25, -0.2) is 4.79 Å². The lowest BCUT2D eigenvalue weighted by Crippen LogP contribution is -1.97. The summed E-state index contributed by atoms with van der Waals surface area (Å²) in [6.45, 7) is -0.0905. The summed E-state index contributed by atoms with van der Waals surface area (Å²) in [6, 6.07) is 9.27. The Hall–Kier alpha value is -2.44. The molecule has 0 aliphatic heterocycles. The van der Waals surface area contributed by atoms with Crippen molar-refractivity contribution in [3.05, 3.63) is 46.3 Å². The van der Waals surface area contributed by atoms with E-state index in [4.69, 9.17) is 5.53 Å². The average Bonchev–Trinajstić information content (AvgIpc) is 2.26. The minimum atomic E-state index is -0.972. The van der Waals surface area contributed by atoms with Crippen LogP contribution in [0.5, 0.6) is 0 Å². The number of azide groups is 1. The predicted octanol–water partition coefficient (Wildman–Crippen LogP) is 2.49. The molecule has 15 heavy (non-hydrogen) atoms. The standard InChI is InChI=1S/C10H7N3O2/c11-13-12-10(14)15-8-4-7-9-5-2-1-3-6-9/h1-3,5-6H,8H2. The number of ether oxygens (including phenoxy) is 1. The van der Waals surface area contributed by atoms with E-state index in [1.807, 2.05) is 30.3 Å². The Kier molecular flexibility index (Phi) is 4.31. The summed E-state index contributed by atoms with van der Waals surface area (Å²) in [5.41, 5.74) is 8.72. The number of carbonyl (C=O) groups excluding carboxylic acids is 1. The zero-order valence-electron chi connectivity index (χ0n) is 7.75. The molecule has 0 aromatic heterocycles. The lowest BCUT2D eigenvalue weighted by molar-refractivity contribution is 0.171. The van der Waals surface area contributed by atoms with Crippen LogP contribution in [0.1, 0.15) is 5.56 Å². The van der Waals surface area contributed by atoms with Gasteiger partial charge in [0.1, 0.15) is 0 Å². The van der Waals surface area contributed by atoms with Gasteiger partial charge >= 0.3 is 6.09 Å². The van der Waals surface area contributed by atoms with Crippen molar-refractivity contribution in [3.63, 3.8) is 0 Å². The van der Waals surface area contributed by atoms with Gasteiger partial charge < -0.3 is 4.74 Å². The van der Waals surface area contributed by atoms with E-state index in [9.17, 15) is 4.79 Å². The molecule has 0 bridgehead atoms. The minimum Gasteiger partial charge on any atom is -0.448 e. The SMILES string of the molecule is [N-]=[N+]=NC(=O)OCC#Cc1ccccc1. The van der Waals surface area contributed by atoms with E-state index >= 15 is 0 Å². The zero-order chi connectivity index (χ0) is 10.9. The number of amides is 1. The van der Waals surface area contributed by atoms with E-state index in [2.05, 4.69) is 26.6 Å². The molecule has 5 nitrogen and oxygen atoms in total. The molecule has 0 spiro atoms. The summed E-state index contributed by atoms with van der Waals surface area (Å²) >= 11 is 0. The molecule has 0 heterocycles. The summed E-state index contributed by atoms with van der Waals surface area (Å²) in [5, 5.41) is 2.72. The molecular formula is C10H7N3O2. The largest absolute Gasteiger partial charge is 0.448 e. The van der Waals surface area contributed by atoms with Crippen molar-refractivity contribution in [2.75, 3.05) is 6.61 Å². The lowest BCUT2D eigenvalue weighted by atomic mass is 10.2. The molecule has 74 valence electrons. The fourth-order valence-corrected chi connectivity index (χ4v) is 0.823. The van der Waals surface area contributed by atoms with Crippen LogP contribution in [-0.4, -0.2) is 12.7 Å². The Bertz CT molecular complexity index is 439. The fourth-order valence-electron chi connectivity index (χ4n) is 0.823. The molecule has 0 fully saturated rings. The van der Waals surface area contributed by atoms with Crippen molar-refractivity contribution < 1.29 is 9.53 Å². The average molecular weight is 201 g/mol. The number of benzene rings is 1. The minimum absolute atomic E-state index is 0.0905. The molecule has 1 aromatic carbocycles. The first-order valence-corrected chi connectivity index (χ1v) is 4.08. The van der Waals surface area contributed by atoms with E-state index in [0.717, 1.165) is 5.56 Å². The van der Waals surface area contributed by atoms with E-state index in [1.54, 1.807) is 0 Å². The molecule has 0 unspecified atom stereocenters. The topological polar surface area (TPSA) is 75.1 Å². The van der Waals surface area contributed by atoms with Crippen LogP contribution in [0.15, 0.2) is 35.4 Å². The molecule has 5 heteroatoms. The van der Waals surface area contributed by atoms with E-state index < -0.39 is 6.09 Å². The fraction of sp³-hybridized carbons (Fsp3) is 0.100. The van der Waals surface area contributed by atoms with Crippen molar-refractivity contribution in [2.45, 2.75) is 0 Å². The molecule has 0 radical (unpaired) electrons. The van der Waals surface area contributed by atoms with Crippen LogP contribution < -0.4 is 0 Å². The molecule has 1 aromatic rings. The number of hydrogen-bond donors (Lipinski definition) is 0. The third-order valence-electron chi connectivity index (χ3n) is 1.40. The highest BCUT2D eigenvalue weighted by molar-refractivity contribution is 5.68. The number of rotatable bonds is 1. The first kappa shape index (κ1) is 10.6. The van der Waals surface area contributed by atoms with Crippen LogP contribution >= 0.6 is 0 Å². The monoisotopic (exact) mass is 201 g/mol. The van der Waals surface area contributed by atoms with Gasteiger partial charge in [-0.05, 0) is 17.7 Å². The summed E-state index contributed by atoms with van der Waals surface area (Å²) in [7, 11) is 0. The van der Waals surface area contributed by atoms with Crippen LogP contribution in [0, 0.1) is 11.8 Å². The highest BCUT2D eigenvalue weighted by Gasteiger charge is 1.93. The quantitative estimate of drug-likeness (QED) is 0.303. The van der Waals surface area contributed by atoms with Gasteiger partial charge in [0.2, 0.25) is 0 Å². The van der Waals surface area contributed by atoms with Gasteiger partial charge in [-0.2, -0.15) is 0 Å². The Labute approximate surface area is 86.3 Å². The third-order valence-corrected chi connectivity index (χ3v) is 1.40. The first-order chi connectivity index (χ1) is 7.33. The normalized spacial score (nSPS) is 8.00. The van der Waals surface area contributed by atoms with Crippen molar-refractivity contribution >= 4 is 6.09 Å². The van der Waals surface area contributed by atoms with Gasteiger partial charge in [0, 0.05) is 15.6 Å². The van der Waals surface area contributed by atoms with Crippen LogP contribution in [0.4, 0.5) is 4.79 Å². The van der Waals surface area contributed by atoms with Gasteiger partial charge in [0.05, 0.1) is 0 Å². The molecule has 0 saturated carbocycles. The van der Waals surface area contributed by atoms with Crippen molar-refractivity contribution in [3.8, 4) is 11.8 Å². The van der Waals surface area contributed by atoms with E-state index in [1.165, 1.54) is 0 Å². The number of carbonyl (C=O) groups is 1. The van der Waals surface area contributed by atoms with E-state index in [-0.39, 0.29) is 6.61 Å². The summed E-state index contributed by atoms with van der Waals surface area (Å²) in [4.78, 5) is 12.8. The van der Waals surface area contributed by atoms with Crippen LogP contribution in [0.3, 0.4) is 0 Å². The molecule has 1 amide bonds. The molecule has 0 N–H and O–H groups in total. The van der Waals surface area contributed by atoms with Gasteiger partial charge in [0.25, 0.3) is 0 Å². The van der Waals surface area contributed by atoms with Gasteiger partial charge in [-0.15, -0.1) is 0 Å². The first-order valence-electron chi connectivity index (χ1n) is 4.08. The number of nitrogens with zero attached hydrogens (tertiary/aromatic N) is 3. The second kappa shape index (κ2) is 6.08. The summed E-state index contributed by atoms with van der Waals surface area (Å²) in [6.07, 6.45) is -0.972. The number of hydrogen-bond acceptors (Lipinski definition) is 2. The maximum absolute atomic E-state index is 10.5. The maximum Gasteiger partial charge on any atom is 0.397 e. The van der Waals surface area contributed by atoms with Crippen LogP contribution in [0.25, 0.3) is 10.4 Å². The maximum atomic E-state index is 10.5. The van der Waals surface area contributed by atoms with Crippen molar-refractivity contribution in [2.24, 2.45) is 5.11 Å². The second-order valence-electron chi connectivity index (χ2n) is 2.41. The third kappa shape index (κ3) is 4.36. The molecule has 0 saturated heterocycles. The lowest BCUT2D eigenvalue weighted by Gasteiger charge is -1.91. The van der Waals surface area contributed by atoms with Gasteiger partial charge in [-0.3, -0.25) is 0 Å². The smallest absolute Gasteiger partial charge is 0.397 e. The van der Waals surface area contributed by atoms with Gasteiger partial charge in [-0.1, -0.05) is 30.0 Å². The van der Waals surface area contributed by atoms with Crippen LogP contribution in [0.2, 0.25) is 0 Å². The van der Waals surface area contributed by atoms with E-state index in [0.29, 0.717) is 0 Å². The molecule has 1 rings (SSSR count). The zero-order valence-corrected chi connectivity index (χ0v) is 7.75. The van der Waals surface area contributed by atoms with Crippen molar-refractivity contribution in [1.29, 1.82) is 0 Å². The highest BCUT2D eigenvalue weighted by Crippen LogP contribution is 1.94. The second-order valence-corrected chi connectivity index (χ2v) is 2.41. The highest BCUT2D eigenvalue weighted by atomic mass is 16.5. The molecule has 0 aliphatic rings. The summed E-state index contributed by atoms with van der Waals surface area (Å²) < 4.78 is 4.47. The molecule has 0 aliphatic carbocycles.